The molecule has 30 heavy (non-hydrogen) atoms. The Bertz CT molecular complexity index is 912. The van der Waals surface area contributed by atoms with E-state index in [1.807, 2.05) is 24.3 Å². The molecule has 0 spiro atoms. The van der Waals surface area contributed by atoms with Crippen LogP contribution < -0.4 is 20.3 Å². The van der Waals surface area contributed by atoms with Gasteiger partial charge in [0.05, 0.1) is 14.2 Å². The number of aliphatic hydroxyl groups is 1. The van der Waals surface area contributed by atoms with Crippen molar-refractivity contribution >= 4 is 12.0 Å². The van der Waals surface area contributed by atoms with Crippen molar-refractivity contribution in [3.05, 3.63) is 64.7 Å². The molecule has 2 aromatic carbocycles. The molecule has 1 aliphatic rings. The summed E-state index contributed by atoms with van der Waals surface area (Å²) < 4.78 is 10.8. The van der Waals surface area contributed by atoms with Crippen molar-refractivity contribution in [3.8, 4) is 11.5 Å². The average Bonchev–Trinajstić information content (AvgIpc) is 3.18. The van der Waals surface area contributed by atoms with E-state index < -0.39 is 5.91 Å². The van der Waals surface area contributed by atoms with Crippen LogP contribution in [-0.4, -0.2) is 37.0 Å². The van der Waals surface area contributed by atoms with Crippen molar-refractivity contribution in [2.24, 2.45) is 0 Å². The van der Waals surface area contributed by atoms with Crippen LogP contribution in [0.3, 0.4) is 0 Å². The molecule has 0 aliphatic heterocycles. The van der Waals surface area contributed by atoms with E-state index in [4.69, 9.17) is 14.7 Å². The second-order valence-corrected chi connectivity index (χ2v) is 7.20. The monoisotopic (exact) mass is 412 g/mol. The molecule has 1 amide bonds. The Morgan fingerprint density at radius 1 is 1.20 bits per heavy atom. The molecule has 4 N–H and O–H groups in total. The van der Waals surface area contributed by atoms with Gasteiger partial charge < -0.3 is 19.9 Å². The van der Waals surface area contributed by atoms with Crippen molar-refractivity contribution in [2.75, 3.05) is 20.8 Å². The molecule has 7 heteroatoms. The first kappa shape index (κ1) is 21.8. The molecular formula is C23H28N2O5. The van der Waals surface area contributed by atoms with Crippen LogP contribution in [0.4, 0.5) is 0 Å². The Morgan fingerprint density at radius 2 is 2.00 bits per heavy atom. The number of ether oxygens (including phenoxy) is 2. The summed E-state index contributed by atoms with van der Waals surface area (Å²) in [6.07, 6.45) is 5.43. The zero-order chi connectivity index (χ0) is 21.5. The Morgan fingerprint density at radius 3 is 2.70 bits per heavy atom. The second-order valence-electron chi connectivity index (χ2n) is 7.20. The summed E-state index contributed by atoms with van der Waals surface area (Å²) in [5.74, 6) is 0.775. The zero-order valence-electron chi connectivity index (χ0n) is 17.2. The minimum absolute atomic E-state index is 0.0291. The van der Waals surface area contributed by atoms with Crippen molar-refractivity contribution in [1.82, 2.24) is 10.8 Å². The van der Waals surface area contributed by atoms with Crippen LogP contribution >= 0.6 is 0 Å². The summed E-state index contributed by atoms with van der Waals surface area (Å²) in [7, 11) is 3.22. The molecular weight excluding hydrogens is 384 g/mol. The molecule has 0 radical (unpaired) electrons. The number of fused-ring (bicyclic) bond motifs is 1. The highest BCUT2D eigenvalue weighted by atomic mass is 16.5. The molecule has 0 saturated carbocycles. The number of hydrogen-bond acceptors (Lipinski definition) is 6. The normalized spacial score (nSPS) is 16.3. The van der Waals surface area contributed by atoms with E-state index in [9.17, 15) is 9.90 Å². The lowest BCUT2D eigenvalue weighted by Gasteiger charge is -2.24. The molecule has 0 aromatic heterocycles. The van der Waals surface area contributed by atoms with E-state index in [-0.39, 0.29) is 18.7 Å². The summed E-state index contributed by atoms with van der Waals surface area (Å²) in [5, 5.41) is 21.9. The molecule has 0 saturated heterocycles. The topological polar surface area (TPSA) is 100 Å². The molecule has 2 atom stereocenters. The van der Waals surface area contributed by atoms with E-state index in [1.54, 1.807) is 25.8 Å². The van der Waals surface area contributed by atoms with Crippen molar-refractivity contribution in [1.29, 1.82) is 0 Å². The van der Waals surface area contributed by atoms with Crippen LogP contribution in [0, 0.1) is 0 Å². The number of hydroxylamine groups is 1. The third-order valence-electron chi connectivity index (χ3n) is 5.41. The number of nitrogens with one attached hydrogen (secondary N) is 2. The molecule has 0 fully saturated rings. The summed E-state index contributed by atoms with van der Waals surface area (Å²) in [6.45, 7) is 0.0717. The van der Waals surface area contributed by atoms with Crippen LogP contribution in [0.1, 0.15) is 47.2 Å². The number of carbonyl (C=O) groups is 1. The first-order valence-corrected chi connectivity index (χ1v) is 9.93. The largest absolute Gasteiger partial charge is 0.493 e. The minimum atomic E-state index is -0.559. The maximum atomic E-state index is 11.2. The van der Waals surface area contributed by atoms with Crippen molar-refractivity contribution < 1.29 is 24.6 Å². The SMILES string of the molecule is COc1ccc(C(CCO)NC2CCc3cc(C=CC(=O)NO)ccc32)cc1OC. The van der Waals surface area contributed by atoms with Crippen LogP contribution in [0.5, 0.6) is 11.5 Å². The second kappa shape index (κ2) is 10.2. The number of rotatable bonds is 9. The van der Waals surface area contributed by atoms with Crippen LogP contribution in [-0.2, 0) is 11.2 Å². The summed E-state index contributed by atoms with van der Waals surface area (Å²) in [5.41, 5.74) is 5.98. The maximum absolute atomic E-state index is 11.2. The summed E-state index contributed by atoms with van der Waals surface area (Å²) >= 11 is 0. The quantitative estimate of drug-likeness (QED) is 0.287. The number of methoxy groups -OCH3 is 2. The van der Waals surface area contributed by atoms with Crippen molar-refractivity contribution in [2.45, 2.75) is 31.3 Å². The van der Waals surface area contributed by atoms with E-state index >= 15 is 0 Å². The predicted molar refractivity (Wildman–Crippen MR) is 114 cm³/mol. The Hall–Kier alpha value is -2.87. The molecule has 2 unspecified atom stereocenters. The maximum Gasteiger partial charge on any atom is 0.267 e. The lowest BCUT2D eigenvalue weighted by Crippen LogP contribution is -2.26. The van der Waals surface area contributed by atoms with Crippen LogP contribution in [0.25, 0.3) is 6.08 Å². The molecule has 1 aliphatic carbocycles. The highest BCUT2D eigenvalue weighted by Gasteiger charge is 2.26. The molecule has 7 nitrogen and oxygen atoms in total. The lowest BCUT2D eigenvalue weighted by molar-refractivity contribution is -0.124. The number of aliphatic hydroxyl groups excluding tert-OH is 1. The van der Waals surface area contributed by atoms with Crippen molar-refractivity contribution in [3.63, 3.8) is 0 Å². The molecule has 2 aromatic rings. The molecule has 0 heterocycles. The van der Waals surface area contributed by atoms with Gasteiger partial charge in [-0.25, -0.2) is 5.48 Å². The lowest BCUT2D eigenvalue weighted by atomic mass is 9.99. The zero-order valence-corrected chi connectivity index (χ0v) is 17.2. The fourth-order valence-electron chi connectivity index (χ4n) is 3.91. The third-order valence-corrected chi connectivity index (χ3v) is 5.41. The van der Waals surface area contributed by atoms with E-state index in [1.165, 1.54) is 17.2 Å². The fourth-order valence-corrected chi connectivity index (χ4v) is 3.91. The Balaban J connectivity index is 1.78. The van der Waals surface area contributed by atoms with Gasteiger partial charge in [-0.3, -0.25) is 10.0 Å². The number of benzene rings is 2. The van der Waals surface area contributed by atoms with Gasteiger partial charge in [-0.05, 0) is 59.7 Å². The van der Waals surface area contributed by atoms with Gasteiger partial charge in [-0.2, -0.15) is 0 Å². The molecule has 160 valence electrons. The predicted octanol–water partition coefficient (Wildman–Crippen LogP) is 2.92. The highest BCUT2D eigenvalue weighted by Crippen LogP contribution is 2.36. The first-order chi connectivity index (χ1) is 14.6. The first-order valence-electron chi connectivity index (χ1n) is 9.93. The Kier molecular flexibility index (Phi) is 7.46. The van der Waals surface area contributed by atoms with E-state index in [2.05, 4.69) is 17.4 Å². The third kappa shape index (κ3) is 4.99. The number of aryl methyl sites for hydroxylation is 1. The number of hydrogen-bond donors (Lipinski definition) is 4. The van der Waals surface area contributed by atoms with Gasteiger partial charge in [-0.1, -0.05) is 24.3 Å². The van der Waals surface area contributed by atoms with Gasteiger partial charge in [0.25, 0.3) is 5.91 Å². The molecule has 0 bridgehead atoms. The highest BCUT2D eigenvalue weighted by molar-refractivity contribution is 5.90. The van der Waals surface area contributed by atoms with Gasteiger partial charge in [0.2, 0.25) is 0 Å². The standard InChI is InChI=1S/C23H28N2O5/c1-29-21-9-6-17(14-22(21)30-2)19(11-12-26)24-20-8-5-16-13-15(3-7-18(16)20)4-10-23(27)25-28/h3-4,6-7,9-10,13-14,19-20,24,26,28H,5,8,11-12H2,1-2H3,(H,25,27). The minimum Gasteiger partial charge on any atom is -0.493 e. The average molecular weight is 412 g/mol. The fraction of sp³-hybridized carbons (Fsp3) is 0.348. The Labute approximate surface area is 176 Å². The van der Waals surface area contributed by atoms with Gasteiger partial charge in [0.1, 0.15) is 0 Å². The number of amides is 1. The smallest absolute Gasteiger partial charge is 0.267 e. The van der Waals surface area contributed by atoms with Gasteiger partial charge in [0.15, 0.2) is 11.5 Å². The summed E-state index contributed by atoms with van der Waals surface area (Å²) in [4.78, 5) is 11.2. The van der Waals surface area contributed by atoms with Gasteiger partial charge in [0, 0.05) is 24.8 Å². The van der Waals surface area contributed by atoms with Gasteiger partial charge in [-0.15, -0.1) is 0 Å². The van der Waals surface area contributed by atoms with E-state index in [0.717, 1.165) is 24.0 Å². The summed E-state index contributed by atoms with van der Waals surface area (Å²) in [6, 6.07) is 12.0. The van der Waals surface area contributed by atoms with Crippen LogP contribution in [0.2, 0.25) is 0 Å². The number of carbonyl (C=O) groups excluding carboxylic acids is 1. The van der Waals surface area contributed by atoms with Gasteiger partial charge >= 0.3 is 0 Å². The van der Waals surface area contributed by atoms with E-state index in [0.29, 0.717) is 17.9 Å². The molecule has 3 rings (SSSR count). The van der Waals surface area contributed by atoms with Crippen LogP contribution in [0.15, 0.2) is 42.5 Å².